The van der Waals surface area contributed by atoms with Gasteiger partial charge >= 0.3 is 12.3 Å². The molecule has 152 valence electrons. The monoisotopic (exact) mass is 411 g/mol. The third kappa shape index (κ3) is 3.98. The first-order chi connectivity index (χ1) is 14.4. The average Bonchev–Trinajstić information content (AvgIpc) is 3.23. The van der Waals surface area contributed by atoms with Crippen molar-refractivity contribution in [3.05, 3.63) is 90.3 Å². The van der Waals surface area contributed by atoms with Crippen molar-refractivity contribution >= 4 is 28.5 Å². The highest BCUT2D eigenvalue weighted by Crippen LogP contribution is 2.36. The van der Waals surface area contributed by atoms with Crippen LogP contribution in [0.4, 0.5) is 29.3 Å². The van der Waals surface area contributed by atoms with Crippen LogP contribution in [-0.4, -0.2) is 16.1 Å². The van der Waals surface area contributed by atoms with E-state index in [0.29, 0.717) is 16.7 Å². The summed E-state index contributed by atoms with van der Waals surface area (Å²) in [7, 11) is 0. The van der Waals surface area contributed by atoms with Gasteiger partial charge in [0, 0.05) is 0 Å². The number of rotatable bonds is 4. The van der Waals surface area contributed by atoms with E-state index in [4.69, 9.17) is 4.74 Å². The van der Waals surface area contributed by atoms with E-state index in [0.717, 1.165) is 22.6 Å². The van der Waals surface area contributed by atoms with Crippen molar-refractivity contribution in [3.63, 3.8) is 0 Å². The van der Waals surface area contributed by atoms with Gasteiger partial charge in [0.2, 0.25) is 0 Å². The Kier molecular flexibility index (Phi) is 5.14. The van der Waals surface area contributed by atoms with Gasteiger partial charge in [-0.3, -0.25) is 0 Å². The molecule has 4 rings (SSSR count). The summed E-state index contributed by atoms with van der Waals surface area (Å²) >= 11 is 0. The second-order valence-electron chi connectivity index (χ2n) is 6.50. The van der Waals surface area contributed by atoms with Crippen LogP contribution < -0.4 is 4.90 Å². The highest BCUT2D eigenvalue weighted by atomic mass is 19.4. The third-order valence-electron chi connectivity index (χ3n) is 4.49. The number of aromatic amines is 1. The van der Waals surface area contributed by atoms with E-state index in [1.807, 2.05) is 6.07 Å². The standard InChI is InChI=1S/C22H16F3N3O2/c23-22(24,25)16-8-4-9-17(12-16)28(19-11-5-10-18-20(19)27-14-26-18)21(29)30-13-15-6-2-1-3-7-15/h1-12,14H,13H2,(H,26,27). The lowest BCUT2D eigenvalue weighted by Crippen LogP contribution is -2.27. The quantitative estimate of drug-likeness (QED) is 0.444. The van der Waals surface area contributed by atoms with Gasteiger partial charge < -0.3 is 9.72 Å². The van der Waals surface area contributed by atoms with Gasteiger partial charge in [0.05, 0.1) is 28.8 Å². The van der Waals surface area contributed by atoms with Gasteiger partial charge in [-0.2, -0.15) is 13.2 Å². The SMILES string of the molecule is O=C(OCc1ccccc1)N(c1cccc(C(F)(F)F)c1)c1cccc2[nH]cnc12. The lowest BCUT2D eigenvalue weighted by molar-refractivity contribution is -0.137. The molecule has 0 saturated heterocycles. The molecule has 1 amide bonds. The van der Waals surface area contributed by atoms with Crippen LogP contribution in [0.25, 0.3) is 11.0 Å². The molecular weight excluding hydrogens is 395 g/mol. The Bertz CT molecular complexity index is 1170. The first-order valence-electron chi connectivity index (χ1n) is 9.03. The Balaban J connectivity index is 1.75. The molecule has 0 aliphatic carbocycles. The summed E-state index contributed by atoms with van der Waals surface area (Å²) < 4.78 is 45.2. The maximum Gasteiger partial charge on any atom is 0.419 e. The normalized spacial score (nSPS) is 11.4. The Hall–Kier alpha value is -3.81. The highest BCUT2D eigenvalue weighted by molar-refractivity contribution is 6.03. The molecule has 0 unspecified atom stereocenters. The van der Waals surface area contributed by atoms with E-state index in [-0.39, 0.29) is 12.3 Å². The zero-order valence-electron chi connectivity index (χ0n) is 15.6. The number of benzene rings is 3. The minimum Gasteiger partial charge on any atom is -0.444 e. The van der Waals surface area contributed by atoms with Gasteiger partial charge in [0.25, 0.3) is 0 Å². The summed E-state index contributed by atoms with van der Waals surface area (Å²) in [5, 5.41) is 0. The average molecular weight is 411 g/mol. The molecule has 0 aliphatic heterocycles. The van der Waals surface area contributed by atoms with E-state index in [1.165, 1.54) is 18.5 Å². The molecule has 0 atom stereocenters. The Morgan fingerprint density at radius 1 is 1.00 bits per heavy atom. The van der Waals surface area contributed by atoms with Crippen LogP contribution in [-0.2, 0) is 17.5 Å². The second-order valence-corrected chi connectivity index (χ2v) is 6.50. The largest absolute Gasteiger partial charge is 0.444 e. The van der Waals surface area contributed by atoms with Crippen LogP contribution in [0.1, 0.15) is 11.1 Å². The number of H-pyrrole nitrogens is 1. The molecule has 1 heterocycles. The number of nitrogens with zero attached hydrogens (tertiary/aromatic N) is 2. The number of fused-ring (bicyclic) bond motifs is 1. The lowest BCUT2D eigenvalue weighted by atomic mass is 10.1. The van der Waals surface area contributed by atoms with E-state index in [1.54, 1.807) is 42.5 Å². The van der Waals surface area contributed by atoms with Crippen molar-refractivity contribution in [1.82, 2.24) is 9.97 Å². The number of carbonyl (C=O) groups is 1. The van der Waals surface area contributed by atoms with E-state index in [2.05, 4.69) is 9.97 Å². The fourth-order valence-corrected chi connectivity index (χ4v) is 3.08. The highest BCUT2D eigenvalue weighted by Gasteiger charge is 2.32. The molecular formula is C22H16F3N3O2. The van der Waals surface area contributed by atoms with Gasteiger partial charge in [0.15, 0.2) is 0 Å². The number of imidazole rings is 1. The first kappa shape index (κ1) is 19.5. The Morgan fingerprint density at radius 2 is 1.77 bits per heavy atom. The number of nitrogens with one attached hydrogen (secondary N) is 1. The predicted molar refractivity (Wildman–Crippen MR) is 106 cm³/mol. The molecule has 0 spiro atoms. The summed E-state index contributed by atoms with van der Waals surface area (Å²) in [6, 6.07) is 18.6. The van der Waals surface area contributed by atoms with Crippen molar-refractivity contribution in [1.29, 1.82) is 0 Å². The summed E-state index contributed by atoms with van der Waals surface area (Å²) in [5.74, 6) is 0. The fraction of sp³-hybridized carbons (Fsp3) is 0.0909. The summed E-state index contributed by atoms with van der Waals surface area (Å²) in [6.07, 6.45) is -3.91. The van der Waals surface area contributed by atoms with Gasteiger partial charge in [-0.1, -0.05) is 42.5 Å². The van der Waals surface area contributed by atoms with Gasteiger partial charge in [-0.05, 0) is 35.9 Å². The van der Waals surface area contributed by atoms with E-state index < -0.39 is 17.8 Å². The smallest absolute Gasteiger partial charge is 0.419 e. The lowest BCUT2D eigenvalue weighted by Gasteiger charge is -2.23. The molecule has 8 heteroatoms. The zero-order valence-corrected chi connectivity index (χ0v) is 15.6. The maximum atomic E-state index is 13.3. The predicted octanol–water partition coefficient (Wildman–Crippen LogP) is 6.06. The van der Waals surface area contributed by atoms with Crippen molar-refractivity contribution < 1.29 is 22.7 Å². The van der Waals surface area contributed by atoms with Crippen molar-refractivity contribution in [2.45, 2.75) is 12.8 Å². The van der Waals surface area contributed by atoms with Crippen LogP contribution in [0, 0.1) is 0 Å². The van der Waals surface area contributed by atoms with Crippen LogP contribution in [0.2, 0.25) is 0 Å². The minimum absolute atomic E-state index is 0.0221. The number of para-hydroxylation sites is 1. The second kappa shape index (κ2) is 7.90. The van der Waals surface area contributed by atoms with Gasteiger partial charge in [-0.15, -0.1) is 0 Å². The topological polar surface area (TPSA) is 58.2 Å². The summed E-state index contributed by atoms with van der Waals surface area (Å²) in [5.41, 5.74) is 1.30. The van der Waals surface area contributed by atoms with Gasteiger partial charge in [0.1, 0.15) is 12.1 Å². The van der Waals surface area contributed by atoms with Crippen molar-refractivity contribution in [3.8, 4) is 0 Å². The molecule has 0 bridgehead atoms. The first-order valence-corrected chi connectivity index (χ1v) is 9.03. The minimum atomic E-state index is -4.55. The van der Waals surface area contributed by atoms with E-state index >= 15 is 0 Å². The van der Waals surface area contributed by atoms with E-state index in [9.17, 15) is 18.0 Å². The fourth-order valence-electron chi connectivity index (χ4n) is 3.08. The Labute approximate surface area is 169 Å². The number of ether oxygens (including phenoxy) is 1. The number of alkyl halides is 3. The maximum absolute atomic E-state index is 13.3. The van der Waals surface area contributed by atoms with Crippen molar-refractivity contribution in [2.24, 2.45) is 0 Å². The van der Waals surface area contributed by atoms with Crippen LogP contribution >= 0.6 is 0 Å². The van der Waals surface area contributed by atoms with Crippen LogP contribution in [0.3, 0.4) is 0 Å². The molecule has 30 heavy (non-hydrogen) atoms. The molecule has 0 radical (unpaired) electrons. The zero-order chi connectivity index (χ0) is 21.1. The molecule has 4 aromatic rings. The van der Waals surface area contributed by atoms with Crippen LogP contribution in [0.15, 0.2) is 79.1 Å². The van der Waals surface area contributed by atoms with Gasteiger partial charge in [-0.25, -0.2) is 14.7 Å². The molecule has 1 aromatic heterocycles. The number of carbonyl (C=O) groups excluding carboxylic acids is 1. The number of amides is 1. The molecule has 0 saturated carbocycles. The van der Waals surface area contributed by atoms with Crippen molar-refractivity contribution in [2.75, 3.05) is 4.90 Å². The summed E-state index contributed by atoms with van der Waals surface area (Å²) in [6.45, 7) is -0.0221. The number of halogens is 3. The molecule has 0 aliphatic rings. The number of aromatic nitrogens is 2. The molecule has 5 nitrogen and oxygen atoms in total. The summed E-state index contributed by atoms with van der Waals surface area (Å²) in [4.78, 5) is 21.3. The number of hydrogen-bond acceptors (Lipinski definition) is 3. The third-order valence-corrected chi connectivity index (χ3v) is 4.49. The molecule has 1 N–H and O–H groups in total. The molecule has 3 aromatic carbocycles. The number of hydrogen-bond donors (Lipinski definition) is 1. The van der Waals surface area contributed by atoms with Crippen LogP contribution in [0.5, 0.6) is 0 Å². The molecule has 0 fully saturated rings. The number of anilines is 2. The Morgan fingerprint density at radius 3 is 2.53 bits per heavy atom.